The predicted octanol–water partition coefficient (Wildman–Crippen LogP) is -0.740. The van der Waals surface area contributed by atoms with Crippen molar-refractivity contribution in [3.8, 4) is 0 Å². The number of hydrogen-bond donors (Lipinski definition) is 4. The second-order valence-corrected chi connectivity index (χ2v) is 7.36. The first-order chi connectivity index (χ1) is 14.5. The number of carbonyl (C=O) groups excluding carboxylic acids is 3. The third-order valence-electron chi connectivity index (χ3n) is 5.23. The molecular formula is C21H38Cl2N6O5. The maximum absolute atomic E-state index is 13.2. The number of rotatable bonds is 11. The normalized spacial score (nSPS) is 15.6. The van der Waals surface area contributed by atoms with E-state index in [4.69, 9.17) is 11.5 Å². The molecule has 0 aromatic heterocycles. The minimum absolute atomic E-state index is 0. The van der Waals surface area contributed by atoms with Gasteiger partial charge in [0.05, 0.1) is 12.1 Å². The van der Waals surface area contributed by atoms with Crippen LogP contribution in [0.5, 0.6) is 0 Å². The number of nitrogens with one attached hydrogen (secondary N) is 2. The van der Waals surface area contributed by atoms with Gasteiger partial charge in [0.15, 0.2) is 5.96 Å². The van der Waals surface area contributed by atoms with Gasteiger partial charge in [0.1, 0.15) is 6.29 Å². The summed E-state index contributed by atoms with van der Waals surface area (Å²) >= 11 is 0. The molecule has 0 aliphatic carbocycles. The summed E-state index contributed by atoms with van der Waals surface area (Å²) in [4.78, 5) is 43.3. The van der Waals surface area contributed by atoms with Gasteiger partial charge in [0.25, 0.3) is 0 Å². The Bertz CT molecular complexity index is 746. The summed E-state index contributed by atoms with van der Waals surface area (Å²) in [6.45, 7) is 1.05. The van der Waals surface area contributed by atoms with Crippen molar-refractivity contribution < 1.29 is 25.3 Å². The molecule has 1 aliphatic rings. The van der Waals surface area contributed by atoms with E-state index in [9.17, 15) is 14.4 Å². The monoisotopic (exact) mass is 524 g/mol. The van der Waals surface area contributed by atoms with Gasteiger partial charge in [0.2, 0.25) is 11.8 Å². The molecule has 1 saturated heterocycles. The molecule has 1 aromatic carbocycles. The number of aliphatic imine (C=N–C) groups is 1. The molecule has 1 aromatic rings. The standard InChI is InChI=1S/C21H32N6O3.2ClH.2H2O/c1-24-18(15-7-3-2-4-8-15)13-19(29)27(20(30)17-10-6-11-25-17)16(14-28)9-5-12-26-21(22)23;;;;/h2-4,7-8,14,16-18,24-25H,5-6,9-13H2,1H3,(H4,22,23,26);2*1H;2*1H2/t16-,17-,18?;;;;/m0..../s1. The molecule has 2 rings (SSSR count). The minimum atomic E-state index is -0.852. The Morgan fingerprint density at radius 2 is 1.88 bits per heavy atom. The minimum Gasteiger partial charge on any atom is -0.412 e. The topological polar surface area (TPSA) is 206 Å². The summed E-state index contributed by atoms with van der Waals surface area (Å²) in [5.74, 6) is -0.758. The molecule has 0 saturated carbocycles. The van der Waals surface area contributed by atoms with Crippen molar-refractivity contribution in [3.63, 3.8) is 0 Å². The van der Waals surface area contributed by atoms with Gasteiger partial charge in [0, 0.05) is 19.0 Å². The lowest BCUT2D eigenvalue weighted by molar-refractivity contribution is -0.151. The van der Waals surface area contributed by atoms with Gasteiger partial charge < -0.3 is 37.8 Å². The zero-order chi connectivity index (χ0) is 21.9. The van der Waals surface area contributed by atoms with Crippen LogP contribution in [0.3, 0.4) is 0 Å². The van der Waals surface area contributed by atoms with Gasteiger partial charge in [-0.05, 0) is 44.8 Å². The maximum Gasteiger partial charge on any atom is 0.246 e. The molecule has 1 aliphatic heterocycles. The summed E-state index contributed by atoms with van der Waals surface area (Å²) in [6.07, 6.45) is 3.02. The molecule has 11 nitrogen and oxygen atoms in total. The van der Waals surface area contributed by atoms with E-state index in [1.807, 2.05) is 30.3 Å². The van der Waals surface area contributed by atoms with Crippen LogP contribution in [0.4, 0.5) is 0 Å². The smallest absolute Gasteiger partial charge is 0.246 e. The Morgan fingerprint density at radius 1 is 1.24 bits per heavy atom. The molecule has 1 unspecified atom stereocenters. The number of guanidine groups is 1. The fourth-order valence-electron chi connectivity index (χ4n) is 3.65. The van der Waals surface area contributed by atoms with Crippen LogP contribution in [0.15, 0.2) is 35.3 Å². The van der Waals surface area contributed by atoms with Gasteiger partial charge in [-0.3, -0.25) is 19.5 Å². The van der Waals surface area contributed by atoms with Crippen LogP contribution in [0, 0.1) is 0 Å². The van der Waals surface area contributed by atoms with E-state index >= 15 is 0 Å². The highest BCUT2D eigenvalue weighted by Gasteiger charge is 2.36. The second kappa shape index (κ2) is 19.1. The SMILES string of the molecule is CNC(CC(=O)N(C(=O)[C@@H]1CCCN1)[C@H](C=O)CCCN=C(N)N)c1ccccc1.Cl.Cl.O.O. The van der Waals surface area contributed by atoms with E-state index in [1.54, 1.807) is 7.05 Å². The molecule has 1 fully saturated rings. The van der Waals surface area contributed by atoms with E-state index in [2.05, 4.69) is 15.6 Å². The van der Waals surface area contributed by atoms with E-state index in [0.29, 0.717) is 32.1 Å². The molecule has 2 amide bonds. The van der Waals surface area contributed by atoms with Crippen molar-refractivity contribution in [2.45, 2.75) is 50.2 Å². The van der Waals surface area contributed by atoms with Gasteiger partial charge in [-0.15, -0.1) is 24.8 Å². The highest BCUT2D eigenvalue weighted by molar-refractivity contribution is 6.00. The highest BCUT2D eigenvalue weighted by atomic mass is 35.5. The maximum atomic E-state index is 13.2. The van der Waals surface area contributed by atoms with E-state index in [0.717, 1.165) is 23.4 Å². The number of nitrogens with zero attached hydrogens (tertiary/aromatic N) is 2. The van der Waals surface area contributed by atoms with Crippen molar-refractivity contribution in [2.75, 3.05) is 20.1 Å². The highest BCUT2D eigenvalue weighted by Crippen LogP contribution is 2.21. The molecule has 0 radical (unpaired) electrons. The van der Waals surface area contributed by atoms with Crippen LogP contribution in [-0.2, 0) is 14.4 Å². The van der Waals surface area contributed by atoms with E-state index in [-0.39, 0.29) is 66.0 Å². The molecule has 13 heteroatoms. The molecule has 0 spiro atoms. The Kier molecular flexibility index (Phi) is 20.4. The van der Waals surface area contributed by atoms with Crippen molar-refractivity contribution >= 4 is 48.9 Å². The number of imide groups is 1. The van der Waals surface area contributed by atoms with E-state index in [1.165, 1.54) is 0 Å². The first-order valence-electron chi connectivity index (χ1n) is 10.3. The third kappa shape index (κ3) is 10.8. The number of hydrogen-bond acceptors (Lipinski definition) is 6. The molecule has 10 N–H and O–H groups in total. The summed E-state index contributed by atoms with van der Waals surface area (Å²) in [7, 11) is 1.77. The van der Waals surface area contributed by atoms with Gasteiger partial charge >= 0.3 is 0 Å². The summed E-state index contributed by atoms with van der Waals surface area (Å²) in [5.41, 5.74) is 11.6. The third-order valence-corrected chi connectivity index (χ3v) is 5.23. The van der Waals surface area contributed by atoms with Crippen molar-refractivity contribution in [1.29, 1.82) is 0 Å². The van der Waals surface area contributed by atoms with Crippen LogP contribution in [-0.4, -0.2) is 72.1 Å². The quantitative estimate of drug-likeness (QED) is 0.126. The molecule has 34 heavy (non-hydrogen) atoms. The zero-order valence-electron chi connectivity index (χ0n) is 19.2. The fourth-order valence-corrected chi connectivity index (χ4v) is 3.65. The Morgan fingerprint density at radius 3 is 2.38 bits per heavy atom. The molecule has 0 bridgehead atoms. The van der Waals surface area contributed by atoms with Crippen molar-refractivity contribution in [3.05, 3.63) is 35.9 Å². The fraction of sp³-hybridized carbons (Fsp3) is 0.524. The number of amides is 2. The number of nitrogens with two attached hydrogens (primary N) is 2. The van der Waals surface area contributed by atoms with Crippen molar-refractivity contribution in [2.24, 2.45) is 16.5 Å². The molecule has 1 heterocycles. The number of benzene rings is 1. The zero-order valence-corrected chi connectivity index (χ0v) is 20.9. The number of carbonyl (C=O) groups is 3. The molecular weight excluding hydrogens is 487 g/mol. The number of aldehydes is 1. The predicted molar refractivity (Wildman–Crippen MR) is 137 cm³/mol. The lowest BCUT2D eigenvalue weighted by Crippen LogP contribution is -2.52. The van der Waals surface area contributed by atoms with Crippen molar-refractivity contribution in [1.82, 2.24) is 15.5 Å². The average molecular weight is 525 g/mol. The average Bonchev–Trinajstić information content (AvgIpc) is 3.29. The lowest BCUT2D eigenvalue weighted by Gasteiger charge is -2.30. The Hall–Kier alpha value is -2.28. The summed E-state index contributed by atoms with van der Waals surface area (Å²) in [6, 6.07) is 7.98. The van der Waals surface area contributed by atoms with Crippen LogP contribution in [0.1, 0.15) is 43.7 Å². The Labute approximate surface area is 212 Å². The Balaban J connectivity index is -0.00000240. The number of halogens is 2. The largest absolute Gasteiger partial charge is 0.412 e. The lowest BCUT2D eigenvalue weighted by atomic mass is 10.0. The first-order valence-corrected chi connectivity index (χ1v) is 10.3. The van der Waals surface area contributed by atoms with Gasteiger partial charge in [-0.2, -0.15) is 0 Å². The second-order valence-electron chi connectivity index (χ2n) is 7.36. The van der Waals surface area contributed by atoms with Crippen LogP contribution in [0.2, 0.25) is 0 Å². The summed E-state index contributed by atoms with van der Waals surface area (Å²) < 4.78 is 0. The van der Waals surface area contributed by atoms with Gasteiger partial charge in [-0.25, -0.2) is 0 Å². The van der Waals surface area contributed by atoms with Crippen LogP contribution >= 0.6 is 24.8 Å². The summed E-state index contributed by atoms with van der Waals surface area (Å²) in [5, 5.41) is 6.25. The van der Waals surface area contributed by atoms with E-state index < -0.39 is 12.1 Å². The molecule has 196 valence electrons. The van der Waals surface area contributed by atoms with Crippen LogP contribution < -0.4 is 22.1 Å². The van der Waals surface area contributed by atoms with Gasteiger partial charge in [-0.1, -0.05) is 30.3 Å². The molecule has 3 atom stereocenters. The van der Waals surface area contributed by atoms with Crippen LogP contribution in [0.25, 0.3) is 0 Å². The first kappa shape index (κ1) is 36.3.